The molecule has 8 heteroatoms. The van der Waals surface area contributed by atoms with Crippen molar-refractivity contribution in [3.8, 4) is 11.5 Å². The molecule has 0 radical (unpaired) electrons. The van der Waals surface area contributed by atoms with Gasteiger partial charge in [0, 0.05) is 17.5 Å². The topological polar surface area (TPSA) is 84.9 Å². The number of sulfonamides is 1. The van der Waals surface area contributed by atoms with E-state index in [-0.39, 0.29) is 23.6 Å². The molecular formula is C15H19NO5S2. The number of thiophene rings is 1. The third-order valence-electron chi connectivity index (χ3n) is 3.24. The van der Waals surface area contributed by atoms with Crippen LogP contribution in [0.3, 0.4) is 0 Å². The third-order valence-corrected chi connectivity index (χ3v) is 5.70. The molecule has 2 aromatic rings. The number of aliphatic hydroxyl groups excluding tert-OH is 1. The first-order valence-corrected chi connectivity index (χ1v) is 9.27. The Morgan fingerprint density at radius 2 is 2.04 bits per heavy atom. The average Bonchev–Trinajstić information content (AvgIpc) is 3.08. The summed E-state index contributed by atoms with van der Waals surface area (Å²) in [7, 11) is -0.897. The van der Waals surface area contributed by atoms with Gasteiger partial charge >= 0.3 is 0 Å². The Hall–Kier alpha value is -1.61. The van der Waals surface area contributed by atoms with Crippen LogP contribution in [0.15, 0.2) is 40.6 Å². The van der Waals surface area contributed by atoms with Crippen LogP contribution in [0.2, 0.25) is 0 Å². The first-order chi connectivity index (χ1) is 11.0. The third kappa shape index (κ3) is 4.44. The molecule has 126 valence electrons. The maximum atomic E-state index is 12.4. The van der Waals surface area contributed by atoms with E-state index < -0.39 is 16.1 Å². The monoisotopic (exact) mass is 357 g/mol. The lowest BCUT2D eigenvalue weighted by atomic mass is 10.2. The standard InChI is InChI=1S/C15H19NO5S2/c1-20-11-5-6-13(21-2)15(10-11)23(18,19)16-8-7-12(17)14-4-3-9-22-14/h3-6,9-10,12,16-17H,7-8H2,1-2H3. The van der Waals surface area contributed by atoms with E-state index in [2.05, 4.69) is 4.72 Å². The largest absolute Gasteiger partial charge is 0.497 e. The zero-order chi connectivity index (χ0) is 16.9. The number of hydrogen-bond acceptors (Lipinski definition) is 6. The molecule has 0 saturated carbocycles. The first-order valence-electron chi connectivity index (χ1n) is 6.91. The molecule has 0 aliphatic heterocycles. The molecule has 0 aliphatic carbocycles. The van der Waals surface area contributed by atoms with Gasteiger partial charge in [0.2, 0.25) is 10.0 Å². The lowest BCUT2D eigenvalue weighted by molar-refractivity contribution is 0.173. The van der Waals surface area contributed by atoms with Crippen molar-refractivity contribution in [3.05, 3.63) is 40.6 Å². The van der Waals surface area contributed by atoms with E-state index in [0.29, 0.717) is 5.75 Å². The van der Waals surface area contributed by atoms with Crippen molar-refractivity contribution in [2.75, 3.05) is 20.8 Å². The summed E-state index contributed by atoms with van der Waals surface area (Å²) in [6, 6.07) is 8.21. The van der Waals surface area contributed by atoms with Crippen LogP contribution in [0.4, 0.5) is 0 Å². The molecule has 1 atom stereocenters. The van der Waals surface area contributed by atoms with Crippen molar-refractivity contribution in [2.24, 2.45) is 0 Å². The van der Waals surface area contributed by atoms with Gasteiger partial charge in [0.25, 0.3) is 0 Å². The Balaban J connectivity index is 2.07. The van der Waals surface area contributed by atoms with Crippen molar-refractivity contribution in [2.45, 2.75) is 17.4 Å². The van der Waals surface area contributed by atoms with E-state index in [4.69, 9.17) is 9.47 Å². The van der Waals surface area contributed by atoms with E-state index >= 15 is 0 Å². The maximum Gasteiger partial charge on any atom is 0.244 e. The molecular weight excluding hydrogens is 338 g/mol. The SMILES string of the molecule is COc1ccc(OC)c(S(=O)(=O)NCCC(O)c2cccs2)c1. The predicted octanol–water partition coefficient (Wildman–Crippen LogP) is 2.17. The molecule has 1 unspecified atom stereocenters. The van der Waals surface area contributed by atoms with Crippen LogP contribution in [-0.4, -0.2) is 34.3 Å². The van der Waals surface area contributed by atoms with Crippen LogP contribution in [0.1, 0.15) is 17.4 Å². The summed E-state index contributed by atoms with van der Waals surface area (Å²) in [6.45, 7) is 0.113. The molecule has 0 bridgehead atoms. The van der Waals surface area contributed by atoms with Crippen LogP contribution in [0, 0.1) is 0 Å². The van der Waals surface area contributed by atoms with Gasteiger partial charge in [0.1, 0.15) is 16.4 Å². The second-order valence-corrected chi connectivity index (χ2v) is 7.45. The van der Waals surface area contributed by atoms with E-state index in [1.54, 1.807) is 6.07 Å². The van der Waals surface area contributed by atoms with Gasteiger partial charge in [-0.1, -0.05) is 6.07 Å². The quantitative estimate of drug-likeness (QED) is 0.756. The second-order valence-electron chi connectivity index (χ2n) is 4.73. The molecule has 0 fully saturated rings. The van der Waals surface area contributed by atoms with Crippen LogP contribution in [0.5, 0.6) is 11.5 Å². The molecule has 6 nitrogen and oxygen atoms in total. The summed E-state index contributed by atoms with van der Waals surface area (Å²) >= 11 is 1.43. The Morgan fingerprint density at radius 3 is 2.65 bits per heavy atom. The number of aliphatic hydroxyl groups is 1. The van der Waals surface area contributed by atoms with Crippen LogP contribution >= 0.6 is 11.3 Å². The molecule has 2 rings (SSSR count). The minimum atomic E-state index is -3.76. The zero-order valence-electron chi connectivity index (χ0n) is 12.9. The Morgan fingerprint density at radius 1 is 1.26 bits per heavy atom. The number of ether oxygens (including phenoxy) is 2. The summed E-state index contributed by atoms with van der Waals surface area (Å²) in [5.74, 6) is 0.655. The minimum Gasteiger partial charge on any atom is -0.497 e. The van der Waals surface area contributed by atoms with Crippen molar-refractivity contribution < 1.29 is 23.0 Å². The molecule has 0 amide bonds. The van der Waals surface area contributed by atoms with Gasteiger partial charge in [0.15, 0.2) is 0 Å². The summed E-state index contributed by atoms with van der Waals surface area (Å²) in [5.41, 5.74) is 0. The molecule has 0 aliphatic rings. The molecule has 1 heterocycles. The van der Waals surface area contributed by atoms with Crippen molar-refractivity contribution in [1.82, 2.24) is 4.72 Å². The lowest BCUT2D eigenvalue weighted by Gasteiger charge is -2.13. The lowest BCUT2D eigenvalue weighted by Crippen LogP contribution is -2.26. The van der Waals surface area contributed by atoms with Gasteiger partial charge in [-0.3, -0.25) is 0 Å². The molecule has 0 saturated heterocycles. The van der Waals surface area contributed by atoms with Gasteiger partial charge in [0.05, 0.1) is 20.3 Å². The van der Waals surface area contributed by atoms with Crippen molar-refractivity contribution >= 4 is 21.4 Å². The number of hydrogen-bond donors (Lipinski definition) is 2. The summed E-state index contributed by atoms with van der Waals surface area (Å²) in [4.78, 5) is 0.813. The van der Waals surface area contributed by atoms with Crippen molar-refractivity contribution in [1.29, 1.82) is 0 Å². The number of nitrogens with one attached hydrogen (secondary N) is 1. The molecule has 23 heavy (non-hydrogen) atoms. The van der Waals surface area contributed by atoms with Crippen LogP contribution in [0.25, 0.3) is 0 Å². The predicted molar refractivity (Wildman–Crippen MR) is 88.6 cm³/mol. The summed E-state index contributed by atoms with van der Waals surface area (Å²) < 4.78 is 37.5. The molecule has 2 N–H and O–H groups in total. The maximum absolute atomic E-state index is 12.4. The normalized spacial score (nSPS) is 12.8. The van der Waals surface area contributed by atoms with Gasteiger partial charge in [-0.2, -0.15) is 0 Å². The van der Waals surface area contributed by atoms with E-state index in [1.165, 1.54) is 37.7 Å². The van der Waals surface area contributed by atoms with Crippen LogP contribution < -0.4 is 14.2 Å². The summed E-state index contributed by atoms with van der Waals surface area (Å²) in [6.07, 6.45) is -0.406. The van der Waals surface area contributed by atoms with Crippen LogP contribution in [-0.2, 0) is 10.0 Å². The minimum absolute atomic E-state index is 0.00460. The van der Waals surface area contributed by atoms with E-state index in [1.807, 2.05) is 17.5 Å². The van der Waals surface area contributed by atoms with Gasteiger partial charge in [-0.25, -0.2) is 13.1 Å². The highest BCUT2D eigenvalue weighted by Crippen LogP contribution is 2.28. The fourth-order valence-electron chi connectivity index (χ4n) is 2.02. The fraction of sp³-hybridized carbons (Fsp3) is 0.333. The zero-order valence-corrected chi connectivity index (χ0v) is 14.5. The summed E-state index contributed by atoms with van der Waals surface area (Å²) in [5, 5.41) is 11.9. The van der Waals surface area contributed by atoms with Gasteiger partial charge in [-0.05, 0) is 30.0 Å². The van der Waals surface area contributed by atoms with Gasteiger partial charge in [-0.15, -0.1) is 11.3 Å². The highest BCUT2D eigenvalue weighted by atomic mass is 32.2. The Labute approximate surface area is 139 Å². The van der Waals surface area contributed by atoms with Gasteiger partial charge < -0.3 is 14.6 Å². The molecule has 1 aromatic heterocycles. The highest BCUT2D eigenvalue weighted by molar-refractivity contribution is 7.89. The Kier molecular flexibility index (Phi) is 6.00. The number of rotatable bonds is 8. The average molecular weight is 357 g/mol. The Bertz CT molecular complexity index is 728. The number of methoxy groups -OCH3 is 2. The second kappa shape index (κ2) is 7.78. The first kappa shape index (κ1) is 17.7. The number of benzene rings is 1. The fourth-order valence-corrected chi connectivity index (χ4v) is 4.00. The van der Waals surface area contributed by atoms with E-state index in [9.17, 15) is 13.5 Å². The van der Waals surface area contributed by atoms with Crippen molar-refractivity contribution in [3.63, 3.8) is 0 Å². The highest BCUT2D eigenvalue weighted by Gasteiger charge is 2.21. The molecule has 0 spiro atoms. The van der Waals surface area contributed by atoms with E-state index in [0.717, 1.165) is 4.88 Å². The smallest absolute Gasteiger partial charge is 0.244 e. The molecule has 1 aromatic carbocycles.